The van der Waals surface area contributed by atoms with E-state index in [9.17, 15) is 4.79 Å². The molecule has 1 fully saturated rings. The van der Waals surface area contributed by atoms with Crippen LogP contribution < -0.4 is 0 Å². The van der Waals surface area contributed by atoms with E-state index in [1.165, 1.54) is 0 Å². The molecule has 1 N–H and O–H groups in total. The maximum Gasteiger partial charge on any atom is 0.275 e. The number of hydrogen-bond acceptors (Lipinski definition) is 4. The fourth-order valence-corrected chi connectivity index (χ4v) is 4.00. The Morgan fingerprint density at radius 3 is 3.10 bits per heavy atom. The second-order valence-electron chi connectivity index (χ2n) is 7.51. The number of unbranched alkanes of at least 4 members (excludes halogenated alkanes) is 1. The second-order valence-corrected chi connectivity index (χ2v) is 7.95. The van der Waals surface area contributed by atoms with E-state index in [1.54, 1.807) is 6.20 Å². The number of benzene rings is 1. The first-order valence-corrected chi connectivity index (χ1v) is 10.6. The molecule has 0 aliphatic carbocycles. The van der Waals surface area contributed by atoms with Crippen LogP contribution >= 0.6 is 11.6 Å². The van der Waals surface area contributed by atoms with E-state index in [2.05, 4.69) is 22.1 Å². The Bertz CT molecular complexity index is 981. The number of nitrogens with zero attached hydrogens (tertiary/aromatic N) is 3. The van der Waals surface area contributed by atoms with Crippen molar-refractivity contribution >= 4 is 17.5 Å². The third-order valence-electron chi connectivity index (χ3n) is 5.29. The molecule has 1 aliphatic heterocycles. The minimum absolute atomic E-state index is 0.0684. The predicted octanol–water partition coefficient (Wildman–Crippen LogP) is 4.96. The minimum atomic E-state index is -0.147. The van der Waals surface area contributed by atoms with Crippen molar-refractivity contribution in [3.05, 3.63) is 70.2 Å². The van der Waals surface area contributed by atoms with Gasteiger partial charge in [0.25, 0.3) is 5.91 Å². The van der Waals surface area contributed by atoms with E-state index in [4.69, 9.17) is 16.0 Å². The Morgan fingerprint density at radius 2 is 2.28 bits per heavy atom. The van der Waals surface area contributed by atoms with E-state index >= 15 is 0 Å². The number of oxazole rings is 1. The average molecular weight is 413 g/mol. The largest absolute Gasteiger partial charge is 0.443 e. The molecule has 1 saturated heterocycles. The molecule has 1 atom stereocenters. The highest BCUT2D eigenvalue weighted by Gasteiger charge is 2.34. The van der Waals surface area contributed by atoms with Gasteiger partial charge in [-0.3, -0.25) is 9.89 Å². The summed E-state index contributed by atoms with van der Waals surface area (Å²) in [5.41, 5.74) is 2.54. The number of carbonyl (C=O) groups is 1. The Morgan fingerprint density at radius 1 is 1.38 bits per heavy atom. The Kier molecular flexibility index (Phi) is 6.00. The summed E-state index contributed by atoms with van der Waals surface area (Å²) >= 11 is 6.06. The SMILES string of the molecule is CCCCc1cc(C(=O)N2CCC[C@H]2c2ncc(Cc3cccc(Cl)c3)o2)n[nH]1. The summed E-state index contributed by atoms with van der Waals surface area (Å²) < 4.78 is 6.01. The zero-order valence-electron chi connectivity index (χ0n) is 16.5. The number of carbonyl (C=O) groups excluding carboxylic acids is 1. The lowest BCUT2D eigenvalue weighted by Crippen LogP contribution is -2.31. The molecule has 1 aromatic carbocycles. The zero-order valence-corrected chi connectivity index (χ0v) is 17.3. The third kappa shape index (κ3) is 4.53. The number of aromatic amines is 1. The van der Waals surface area contributed by atoms with Crippen LogP contribution in [0.15, 0.2) is 40.9 Å². The minimum Gasteiger partial charge on any atom is -0.443 e. The average Bonchev–Trinajstić information content (AvgIpc) is 3.46. The van der Waals surface area contributed by atoms with Gasteiger partial charge in [0.2, 0.25) is 5.89 Å². The lowest BCUT2D eigenvalue weighted by molar-refractivity contribution is 0.0708. The van der Waals surface area contributed by atoms with Gasteiger partial charge in [-0.25, -0.2) is 4.98 Å². The number of amides is 1. The Balaban J connectivity index is 1.46. The van der Waals surface area contributed by atoms with Crippen LogP contribution in [0, 0.1) is 0 Å². The quantitative estimate of drug-likeness (QED) is 0.595. The molecule has 7 heteroatoms. The van der Waals surface area contributed by atoms with Crippen molar-refractivity contribution in [2.45, 2.75) is 51.5 Å². The molecular weight excluding hydrogens is 388 g/mol. The van der Waals surface area contributed by atoms with E-state index in [0.29, 0.717) is 29.6 Å². The zero-order chi connectivity index (χ0) is 20.2. The highest BCUT2D eigenvalue weighted by Crippen LogP contribution is 2.33. The molecule has 1 amide bonds. The van der Waals surface area contributed by atoms with Crippen molar-refractivity contribution in [1.29, 1.82) is 0 Å². The summed E-state index contributed by atoms with van der Waals surface area (Å²) in [4.78, 5) is 19.3. The topological polar surface area (TPSA) is 75.0 Å². The van der Waals surface area contributed by atoms with Crippen molar-refractivity contribution < 1.29 is 9.21 Å². The first kappa shape index (κ1) is 19.7. The number of hydrogen-bond donors (Lipinski definition) is 1. The summed E-state index contributed by atoms with van der Waals surface area (Å²) in [7, 11) is 0. The molecule has 3 heterocycles. The van der Waals surface area contributed by atoms with Gasteiger partial charge in [0.05, 0.1) is 6.20 Å². The van der Waals surface area contributed by atoms with E-state index in [-0.39, 0.29) is 11.9 Å². The molecule has 4 rings (SSSR count). The number of likely N-dealkylation sites (tertiary alicyclic amines) is 1. The van der Waals surface area contributed by atoms with Crippen LogP contribution in [0.4, 0.5) is 0 Å². The molecule has 0 radical (unpaired) electrons. The molecule has 2 aromatic heterocycles. The first-order valence-electron chi connectivity index (χ1n) is 10.2. The van der Waals surface area contributed by atoms with E-state index in [0.717, 1.165) is 49.1 Å². The van der Waals surface area contributed by atoms with Gasteiger partial charge in [-0.15, -0.1) is 0 Å². The first-order chi connectivity index (χ1) is 14.1. The number of H-pyrrole nitrogens is 1. The highest BCUT2D eigenvalue weighted by molar-refractivity contribution is 6.30. The molecule has 0 spiro atoms. The lowest BCUT2D eigenvalue weighted by atomic mass is 10.1. The maximum atomic E-state index is 13.0. The van der Waals surface area contributed by atoms with Crippen LogP contribution in [0.5, 0.6) is 0 Å². The molecule has 0 saturated carbocycles. The fourth-order valence-electron chi connectivity index (χ4n) is 3.79. The molecule has 0 bridgehead atoms. The predicted molar refractivity (Wildman–Crippen MR) is 111 cm³/mol. The van der Waals surface area contributed by atoms with Crippen LogP contribution in [0.1, 0.15) is 72.0 Å². The second kappa shape index (κ2) is 8.82. The molecule has 1 aliphatic rings. The number of rotatable bonds is 7. The molecule has 0 unspecified atom stereocenters. The number of halogens is 1. The van der Waals surface area contributed by atoms with Crippen molar-refractivity contribution in [3.8, 4) is 0 Å². The van der Waals surface area contributed by atoms with Crippen LogP contribution in [0.2, 0.25) is 5.02 Å². The van der Waals surface area contributed by atoms with Crippen LogP contribution in [0.3, 0.4) is 0 Å². The van der Waals surface area contributed by atoms with Gasteiger partial charge in [0.1, 0.15) is 17.5 Å². The van der Waals surface area contributed by atoms with Crippen LogP contribution in [0.25, 0.3) is 0 Å². The van der Waals surface area contributed by atoms with Crippen molar-refractivity contribution in [2.75, 3.05) is 6.54 Å². The summed E-state index contributed by atoms with van der Waals surface area (Å²) in [5.74, 6) is 1.29. The molecule has 3 aromatic rings. The molecule has 152 valence electrons. The summed E-state index contributed by atoms with van der Waals surface area (Å²) in [6.45, 7) is 2.83. The van der Waals surface area contributed by atoms with Crippen molar-refractivity contribution in [3.63, 3.8) is 0 Å². The number of aromatic nitrogens is 3. The highest BCUT2D eigenvalue weighted by atomic mass is 35.5. The molecule has 6 nitrogen and oxygen atoms in total. The Labute approximate surface area is 175 Å². The standard InChI is InChI=1S/C22H25ClN4O2/c1-2-3-8-17-13-19(26-25-17)22(28)27-10-5-9-20(27)21-24-14-18(29-21)12-15-6-4-7-16(23)11-15/h4,6-7,11,13-14,20H,2-3,5,8-10,12H2,1H3,(H,25,26)/t20-/m0/s1. The number of nitrogens with one attached hydrogen (secondary N) is 1. The van der Waals surface area contributed by atoms with Gasteiger partial charge >= 0.3 is 0 Å². The van der Waals surface area contributed by atoms with Crippen molar-refractivity contribution in [2.24, 2.45) is 0 Å². The third-order valence-corrected chi connectivity index (χ3v) is 5.52. The summed E-state index contributed by atoms with van der Waals surface area (Å²) in [6.07, 6.45) is 7.23. The lowest BCUT2D eigenvalue weighted by Gasteiger charge is -2.21. The Hall–Kier alpha value is -2.60. The monoisotopic (exact) mass is 412 g/mol. The van der Waals surface area contributed by atoms with Gasteiger partial charge in [-0.2, -0.15) is 5.10 Å². The normalized spacial score (nSPS) is 16.5. The molecular formula is C22H25ClN4O2. The van der Waals surface area contributed by atoms with Gasteiger partial charge in [0.15, 0.2) is 0 Å². The van der Waals surface area contributed by atoms with E-state index < -0.39 is 0 Å². The van der Waals surface area contributed by atoms with Gasteiger partial charge in [-0.05, 0) is 49.4 Å². The summed E-state index contributed by atoms with van der Waals surface area (Å²) in [6, 6.07) is 9.42. The van der Waals surface area contributed by atoms with E-state index in [1.807, 2.05) is 35.2 Å². The number of aryl methyl sites for hydroxylation is 1. The smallest absolute Gasteiger partial charge is 0.275 e. The van der Waals surface area contributed by atoms with Crippen molar-refractivity contribution in [1.82, 2.24) is 20.1 Å². The van der Waals surface area contributed by atoms with Gasteiger partial charge in [0, 0.05) is 23.7 Å². The fraction of sp³-hybridized carbons (Fsp3) is 0.409. The van der Waals surface area contributed by atoms with Crippen LogP contribution in [-0.2, 0) is 12.8 Å². The van der Waals surface area contributed by atoms with Crippen LogP contribution in [-0.4, -0.2) is 32.5 Å². The maximum absolute atomic E-state index is 13.0. The van der Waals surface area contributed by atoms with Gasteiger partial charge in [-0.1, -0.05) is 37.1 Å². The van der Waals surface area contributed by atoms with Gasteiger partial charge < -0.3 is 9.32 Å². The molecule has 29 heavy (non-hydrogen) atoms. The summed E-state index contributed by atoms with van der Waals surface area (Å²) in [5, 5.41) is 7.92.